The van der Waals surface area contributed by atoms with E-state index in [4.69, 9.17) is 0 Å². The molecule has 1 aliphatic rings. The van der Waals surface area contributed by atoms with Crippen molar-refractivity contribution in [3.05, 3.63) is 95.4 Å². The van der Waals surface area contributed by atoms with E-state index in [0.29, 0.717) is 6.42 Å². The standard InChI is InChI=1S/C26H25F2N3O.2ClH/c27-19-5-8-21(9-6-19)31-24-10-7-20(28)15-22(24)23-17-30(14-11-25(23)31)13-2-4-26(32)18-3-1-12-29-16-18;;/h1,3,5-10,12,15-16,26,32H,2,4,11,13-14,17H2;2*1H. The van der Waals surface area contributed by atoms with E-state index in [2.05, 4.69) is 14.5 Å². The van der Waals surface area contributed by atoms with E-state index in [1.165, 1.54) is 18.2 Å². The van der Waals surface area contributed by atoms with Crippen LogP contribution in [0.3, 0.4) is 0 Å². The Hall–Kier alpha value is -2.51. The highest BCUT2D eigenvalue weighted by molar-refractivity contribution is 5.87. The number of aliphatic hydroxyl groups excluding tert-OH is 1. The molecule has 0 saturated heterocycles. The summed E-state index contributed by atoms with van der Waals surface area (Å²) in [5, 5.41) is 11.3. The Morgan fingerprint density at radius 2 is 1.76 bits per heavy atom. The van der Waals surface area contributed by atoms with Crippen LogP contribution in [-0.4, -0.2) is 32.6 Å². The molecule has 1 atom stereocenters. The molecule has 1 aliphatic heterocycles. The van der Waals surface area contributed by atoms with E-state index in [9.17, 15) is 13.9 Å². The van der Waals surface area contributed by atoms with Gasteiger partial charge in [0.05, 0.1) is 11.6 Å². The lowest BCUT2D eigenvalue weighted by Gasteiger charge is -2.28. The van der Waals surface area contributed by atoms with Crippen molar-refractivity contribution in [2.75, 3.05) is 13.1 Å². The van der Waals surface area contributed by atoms with Gasteiger partial charge in [-0.25, -0.2) is 8.78 Å². The normalized spacial score (nSPS) is 14.2. The SMILES string of the molecule is Cl.Cl.OC(CCCN1CCc2c(c3cc(F)ccc3n2-c2ccc(F)cc2)C1)c1cccnc1. The molecule has 0 bridgehead atoms. The van der Waals surface area contributed by atoms with Crippen LogP contribution in [0.25, 0.3) is 16.6 Å². The highest BCUT2D eigenvalue weighted by Crippen LogP contribution is 2.34. The van der Waals surface area contributed by atoms with Crippen LogP contribution in [0.15, 0.2) is 67.0 Å². The van der Waals surface area contributed by atoms with Gasteiger partial charge in [0.25, 0.3) is 0 Å². The van der Waals surface area contributed by atoms with Gasteiger partial charge in [0.2, 0.25) is 0 Å². The summed E-state index contributed by atoms with van der Waals surface area (Å²) in [6, 6.07) is 15.1. The molecule has 0 radical (unpaired) electrons. The number of aliphatic hydroxyl groups is 1. The Morgan fingerprint density at radius 3 is 2.50 bits per heavy atom. The molecule has 180 valence electrons. The molecule has 0 saturated carbocycles. The number of hydrogen-bond donors (Lipinski definition) is 1. The van der Waals surface area contributed by atoms with Crippen molar-refractivity contribution in [2.24, 2.45) is 0 Å². The monoisotopic (exact) mass is 505 g/mol. The van der Waals surface area contributed by atoms with Crippen molar-refractivity contribution < 1.29 is 13.9 Å². The van der Waals surface area contributed by atoms with Gasteiger partial charge in [-0.3, -0.25) is 9.88 Å². The van der Waals surface area contributed by atoms with Gasteiger partial charge >= 0.3 is 0 Å². The molecule has 0 spiro atoms. The Bertz CT molecular complexity index is 1230. The predicted molar refractivity (Wildman–Crippen MR) is 135 cm³/mol. The van der Waals surface area contributed by atoms with E-state index in [1.807, 2.05) is 12.1 Å². The maximum absolute atomic E-state index is 14.1. The van der Waals surface area contributed by atoms with Crippen molar-refractivity contribution in [2.45, 2.75) is 31.9 Å². The lowest BCUT2D eigenvalue weighted by Crippen LogP contribution is -2.32. The third-order valence-electron chi connectivity index (χ3n) is 6.30. The number of rotatable bonds is 6. The first-order valence-electron chi connectivity index (χ1n) is 11.0. The molecule has 1 unspecified atom stereocenters. The second-order valence-electron chi connectivity index (χ2n) is 8.37. The van der Waals surface area contributed by atoms with Crippen LogP contribution in [0.5, 0.6) is 0 Å². The minimum absolute atomic E-state index is 0. The minimum Gasteiger partial charge on any atom is -0.388 e. The van der Waals surface area contributed by atoms with Crippen LogP contribution in [0.1, 0.15) is 35.8 Å². The second kappa shape index (κ2) is 11.3. The fourth-order valence-electron chi connectivity index (χ4n) is 4.71. The Morgan fingerprint density at radius 1 is 1.00 bits per heavy atom. The molecule has 1 N–H and O–H groups in total. The zero-order chi connectivity index (χ0) is 22.1. The third kappa shape index (κ3) is 5.26. The van der Waals surface area contributed by atoms with Crippen molar-refractivity contribution in [3.63, 3.8) is 0 Å². The summed E-state index contributed by atoms with van der Waals surface area (Å²) < 4.78 is 29.7. The first kappa shape index (κ1) is 26.1. The summed E-state index contributed by atoms with van der Waals surface area (Å²) >= 11 is 0. The Kier molecular flexibility index (Phi) is 8.66. The molecule has 0 fully saturated rings. The second-order valence-corrected chi connectivity index (χ2v) is 8.37. The van der Waals surface area contributed by atoms with Crippen LogP contribution in [0, 0.1) is 11.6 Å². The number of halogens is 4. The van der Waals surface area contributed by atoms with E-state index < -0.39 is 6.10 Å². The van der Waals surface area contributed by atoms with Gasteiger partial charge in [-0.2, -0.15) is 0 Å². The number of benzene rings is 2. The van der Waals surface area contributed by atoms with Gasteiger partial charge in [0.1, 0.15) is 11.6 Å². The Balaban J connectivity index is 0.00000162. The van der Waals surface area contributed by atoms with Crippen LogP contribution >= 0.6 is 24.8 Å². The molecule has 0 amide bonds. The molecule has 0 aliphatic carbocycles. The van der Waals surface area contributed by atoms with Crippen molar-refractivity contribution in [1.82, 2.24) is 14.5 Å². The van der Waals surface area contributed by atoms with Gasteiger partial charge in [-0.05, 0) is 79.0 Å². The van der Waals surface area contributed by atoms with E-state index >= 15 is 0 Å². The summed E-state index contributed by atoms with van der Waals surface area (Å²) in [4.78, 5) is 6.43. The van der Waals surface area contributed by atoms with Gasteiger partial charge in [0, 0.05) is 48.7 Å². The largest absolute Gasteiger partial charge is 0.388 e. The lowest BCUT2D eigenvalue weighted by molar-refractivity contribution is 0.152. The van der Waals surface area contributed by atoms with Crippen LogP contribution in [0.4, 0.5) is 8.78 Å². The minimum atomic E-state index is -0.515. The zero-order valence-corrected chi connectivity index (χ0v) is 20.2. The van der Waals surface area contributed by atoms with Gasteiger partial charge < -0.3 is 9.67 Å². The number of hydrogen-bond acceptors (Lipinski definition) is 3. The molecule has 2 aromatic heterocycles. The van der Waals surface area contributed by atoms with Crippen LogP contribution < -0.4 is 0 Å². The fraction of sp³-hybridized carbons (Fsp3) is 0.269. The number of pyridine rings is 1. The van der Waals surface area contributed by atoms with E-state index in [0.717, 1.165) is 65.9 Å². The number of fused-ring (bicyclic) bond motifs is 3. The first-order valence-corrected chi connectivity index (χ1v) is 11.0. The molecule has 4 nitrogen and oxygen atoms in total. The van der Waals surface area contributed by atoms with Gasteiger partial charge in [-0.1, -0.05) is 6.07 Å². The highest BCUT2D eigenvalue weighted by atomic mass is 35.5. The quantitative estimate of drug-likeness (QED) is 0.348. The first-order chi connectivity index (χ1) is 15.6. The Labute approximate surface area is 210 Å². The highest BCUT2D eigenvalue weighted by Gasteiger charge is 2.25. The van der Waals surface area contributed by atoms with Crippen LogP contribution in [0.2, 0.25) is 0 Å². The smallest absolute Gasteiger partial charge is 0.123 e. The summed E-state index contributed by atoms with van der Waals surface area (Å²) in [6.07, 6.45) is 5.24. The van der Waals surface area contributed by atoms with Gasteiger partial charge in [0.15, 0.2) is 0 Å². The molecule has 8 heteroatoms. The fourth-order valence-corrected chi connectivity index (χ4v) is 4.71. The maximum Gasteiger partial charge on any atom is 0.123 e. The summed E-state index contributed by atoms with van der Waals surface area (Å²) in [7, 11) is 0. The van der Waals surface area contributed by atoms with E-state index in [1.54, 1.807) is 36.7 Å². The molecule has 4 aromatic rings. The predicted octanol–water partition coefficient (Wildman–Crippen LogP) is 6.02. The molecule has 2 aromatic carbocycles. The number of nitrogens with zero attached hydrogens (tertiary/aromatic N) is 3. The summed E-state index contributed by atoms with van der Waals surface area (Å²) in [6.45, 7) is 2.47. The zero-order valence-electron chi connectivity index (χ0n) is 18.5. The average Bonchev–Trinajstić information content (AvgIpc) is 3.13. The van der Waals surface area contributed by atoms with Crippen molar-refractivity contribution in [1.29, 1.82) is 0 Å². The summed E-state index contributed by atoms with van der Waals surface area (Å²) in [5.41, 5.74) is 4.95. The molecular weight excluding hydrogens is 479 g/mol. The molecule has 34 heavy (non-hydrogen) atoms. The summed E-state index contributed by atoms with van der Waals surface area (Å²) in [5.74, 6) is -0.530. The van der Waals surface area contributed by atoms with Gasteiger partial charge in [-0.15, -0.1) is 24.8 Å². The van der Waals surface area contributed by atoms with Crippen molar-refractivity contribution in [3.8, 4) is 5.69 Å². The lowest BCUT2D eigenvalue weighted by atomic mass is 10.0. The molecule has 5 rings (SSSR count). The third-order valence-corrected chi connectivity index (χ3v) is 6.30. The topological polar surface area (TPSA) is 41.3 Å². The van der Waals surface area contributed by atoms with Crippen LogP contribution in [-0.2, 0) is 13.0 Å². The van der Waals surface area contributed by atoms with Crippen molar-refractivity contribution >= 4 is 35.7 Å². The number of aromatic nitrogens is 2. The maximum atomic E-state index is 14.1. The molecule has 3 heterocycles. The van der Waals surface area contributed by atoms with E-state index in [-0.39, 0.29) is 36.4 Å². The molecular formula is C26H27Cl2F2N3O. The average molecular weight is 506 g/mol.